The molecule has 1 N–H and O–H groups in total. The van der Waals surface area contributed by atoms with Gasteiger partial charge in [-0.2, -0.15) is 0 Å². The average Bonchev–Trinajstić information content (AvgIpc) is 2.94. The second-order valence-corrected chi connectivity index (χ2v) is 6.40. The van der Waals surface area contributed by atoms with Crippen molar-refractivity contribution < 1.29 is 29.1 Å². The number of imide groups is 2. The Balaban J connectivity index is 2.16. The molecule has 8 heteroatoms. The van der Waals surface area contributed by atoms with E-state index in [-0.39, 0.29) is 39.2 Å². The summed E-state index contributed by atoms with van der Waals surface area (Å²) in [6, 6.07) is 3.67. The van der Waals surface area contributed by atoms with Crippen LogP contribution in [0.25, 0.3) is 0 Å². The number of aromatic carboxylic acids is 1. The predicted molar refractivity (Wildman–Crippen MR) is 95.1 cm³/mol. The first-order chi connectivity index (χ1) is 12.6. The van der Waals surface area contributed by atoms with E-state index in [4.69, 9.17) is 0 Å². The summed E-state index contributed by atoms with van der Waals surface area (Å²) < 4.78 is 0. The average molecular weight is 368 g/mol. The van der Waals surface area contributed by atoms with E-state index in [1.807, 2.05) is 0 Å². The summed E-state index contributed by atoms with van der Waals surface area (Å²) in [7, 11) is 0. The summed E-state index contributed by atoms with van der Waals surface area (Å²) in [6.45, 7) is 5.99. The zero-order valence-corrected chi connectivity index (χ0v) is 15.1. The minimum Gasteiger partial charge on any atom is -0.478 e. The number of carbonyl (C=O) groups is 5. The molecule has 8 nitrogen and oxygen atoms in total. The minimum absolute atomic E-state index is 0.0870. The molecule has 138 valence electrons. The SMILES string of the molecule is CC1=C(C)C(=O)N(c2ccc(C(=O)O)c(N3C(=O)C(C)=C(C)C3=O)c2)C1=O. The summed E-state index contributed by atoms with van der Waals surface area (Å²) in [6.07, 6.45) is 0. The van der Waals surface area contributed by atoms with Crippen LogP contribution in [0, 0.1) is 0 Å². The Bertz CT molecular complexity index is 983. The third-order valence-corrected chi connectivity index (χ3v) is 4.93. The molecule has 2 heterocycles. The Morgan fingerprint density at radius 1 is 0.741 bits per heavy atom. The molecule has 1 aromatic carbocycles. The number of nitrogens with zero attached hydrogens (tertiary/aromatic N) is 2. The molecular weight excluding hydrogens is 352 g/mol. The maximum absolute atomic E-state index is 12.5. The lowest BCUT2D eigenvalue weighted by atomic mass is 10.1. The Labute approximate surface area is 154 Å². The van der Waals surface area contributed by atoms with Gasteiger partial charge in [0.15, 0.2) is 0 Å². The number of anilines is 2. The monoisotopic (exact) mass is 368 g/mol. The molecule has 3 rings (SSSR count). The van der Waals surface area contributed by atoms with Crippen LogP contribution in [0.5, 0.6) is 0 Å². The lowest BCUT2D eigenvalue weighted by molar-refractivity contribution is -0.122. The third kappa shape index (κ3) is 2.49. The van der Waals surface area contributed by atoms with Gasteiger partial charge in [0.25, 0.3) is 23.6 Å². The van der Waals surface area contributed by atoms with Gasteiger partial charge >= 0.3 is 5.97 Å². The molecule has 2 aliphatic heterocycles. The van der Waals surface area contributed by atoms with E-state index >= 15 is 0 Å². The van der Waals surface area contributed by atoms with Crippen molar-refractivity contribution in [3.05, 3.63) is 46.1 Å². The highest BCUT2D eigenvalue weighted by atomic mass is 16.4. The maximum Gasteiger partial charge on any atom is 0.337 e. The Hall–Kier alpha value is -3.55. The van der Waals surface area contributed by atoms with E-state index in [1.54, 1.807) is 0 Å². The van der Waals surface area contributed by atoms with Gasteiger partial charge in [0.05, 0.1) is 16.9 Å². The van der Waals surface area contributed by atoms with E-state index < -0.39 is 29.6 Å². The van der Waals surface area contributed by atoms with Crippen LogP contribution in [-0.2, 0) is 19.2 Å². The van der Waals surface area contributed by atoms with Crippen molar-refractivity contribution in [2.75, 3.05) is 9.80 Å². The molecule has 0 fully saturated rings. The molecule has 0 atom stereocenters. The van der Waals surface area contributed by atoms with Gasteiger partial charge in [0, 0.05) is 22.3 Å². The topological polar surface area (TPSA) is 112 Å². The molecule has 0 radical (unpaired) electrons. The Morgan fingerprint density at radius 3 is 1.56 bits per heavy atom. The molecule has 0 saturated carbocycles. The van der Waals surface area contributed by atoms with Crippen LogP contribution in [0.2, 0.25) is 0 Å². The fraction of sp³-hybridized carbons (Fsp3) is 0.211. The zero-order valence-electron chi connectivity index (χ0n) is 15.1. The molecule has 2 aliphatic rings. The van der Waals surface area contributed by atoms with Crippen molar-refractivity contribution in [1.82, 2.24) is 0 Å². The van der Waals surface area contributed by atoms with Crippen LogP contribution in [-0.4, -0.2) is 34.7 Å². The fourth-order valence-electron chi connectivity index (χ4n) is 2.98. The van der Waals surface area contributed by atoms with E-state index in [2.05, 4.69) is 0 Å². The molecule has 0 spiro atoms. The van der Waals surface area contributed by atoms with Gasteiger partial charge in [-0.25, -0.2) is 14.6 Å². The van der Waals surface area contributed by atoms with Crippen molar-refractivity contribution in [2.24, 2.45) is 0 Å². The van der Waals surface area contributed by atoms with Crippen molar-refractivity contribution in [1.29, 1.82) is 0 Å². The highest BCUT2D eigenvalue weighted by Gasteiger charge is 2.39. The van der Waals surface area contributed by atoms with Crippen LogP contribution in [0.4, 0.5) is 11.4 Å². The Kier molecular flexibility index (Phi) is 4.06. The number of hydrogen-bond acceptors (Lipinski definition) is 5. The van der Waals surface area contributed by atoms with Crippen LogP contribution in [0.15, 0.2) is 40.5 Å². The molecule has 0 saturated heterocycles. The summed E-state index contributed by atoms with van der Waals surface area (Å²) in [4.78, 5) is 63.0. The molecule has 0 aliphatic carbocycles. The molecule has 4 amide bonds. The van der Waals surface area contributed by atoms with Crippen molar-refractivity contribution in [3.8, 4) is 0 Å². The number of rotatable bonds is 3. The fourth-order valence-corrected chi connectivity index (χ4v) is 2.98. The number of carboxylic acid groups (broad SMARTS) is 1. The maximum atomic E-state index is 12.5. The number of amides is 4. The third-order valence-electron chi connectivity index (χ3n) is 4.93. The summed E-state index contributed by atoms with van der Waals surface area (Å²) in [5.41, 5.74) is 0.601. The van der Waals surface area contributed by atoms with Gasteiger partial charge < -0.3 is 5.11 Å². The van der Waals surface area contributed by atoms with Gasteiger partial charge in [0.2, 0.25) is 0 Å². The van der Waals surface area contributed by atoms with Crippen LogP contribution in [0.3, 0.4) is 0 Å². The number of hydrogen-bond donors (Lipinski definition) is 1. The quantitative estimate of drug-likeness (QED) is 0.814. The molecular formula is C19H16N2O6. The number of carbonyl (C=O) groups excluding carboxylic acids is 4. The minimum atomic E-state index is -1.34. The van der Waals surface area contributed by atoms with Gasteiger partial charge in [-0.1, -0.05) is 0 Å². The summed E-state index contributed by atoms with van der Waals surface area (Å²) in [5, 5.41) is 9.46. The second-order valence-electron chi connectivity index (χ2n) is 6.40. The smallest absolute Gasteiger partial charge is 0.337 e. The van der Waals surface area contributed by atoms with Crippen LogP contribution < -0.4 is 9.80 Å². The van der Waals surface area contributed by atoms with E-state index in [0.29, 0.717) is 0 Å². The summed E-state index contributed by atoms with van der Waals surface area (Å²) in [5.74, 6) is -3.68. The molecule has 0 aromatic heterocycles. The molecule has 27 heavy (non-hydrogen) atoms. The number of carboxylic acids is 1. The zero-order chi connectivity index (χ0) is 20.2. The second kappa shape index (κ2) is 6.01. The van der Waals surface area contributed by atoms with Crippen LogP contribution in [0.1, 0.15) is 38.1 Å². The highest BCUT2D eigenvalue weighted by molar-refractivity contribution is 6.35. The van der Waals surface area contributed by atoms with Gasteiger partial charge in [-0.3, -0.25) is 19.2 Å². The van der Waals surface area contributed by atoms with E-state index in [9.17, 15) is 29.1 Å². The van der Waals surface area contributed by atoms with Crippen molar-refractivity contribution in [3.63, 3.8) is 0 Å². The first-order valence-electron chi connectivity index (χ1n) is 8.07. The van der Waals surface area contributed by atoms with Gasteiger partial charge in [0.1, 0.15) is 0 Å². The van der Waals surface area contributed by atoms with E-state index in [0.717, 1.165) is 9.80 Å². The Morgan fingerprint density at radius 2 is 1.15 bits per heavy atom. The first-order valence-corrected chi connectivity index (χ1v) is 8.07. The molecule has 0 unspecified atom stereocenters. The molecule has 0 bridgehead atoms. The van der Waals surface area contributed by atoms with Gasteiger partial charge in [-0.15, -0.1) is 0 Å². The first kappa shape index (κ1) is 18.2. The van der Waals surface area contributed by atoms with Gasteiger partial charge in [-0.05, 0) is 45.9 Å². The van der Waals surface area contributed by atoms with Crippen molar-refractivity contribution >= 4 is 41.0 Å². The summed E-state index contributed by atoms with van der Waals surface area (Å²) >= 11 is 0. The molecule has 1 aromatic rings. The largest absolute Gasteiger partial charge is 0.478 e. The van der Waals surface area contributed by atoms with Crippen molar-refractivity contribution in [2.45, 2.75) is 27.7 Å². The standard InChI is InChI=1S/C19H16N2O6/c1-8-9(2)16(23)20(15(8)22)12-5-6-13(19(26)27)14(7-12)21-17(24)10(3)11(4)18(21)25/h5-7H,1-4H3,(H,26,27). The van der Waals surface area contributed by atoms with E-state index in [1.165, 1.54) is 45.9 Å². The van der Waals surface area contributed by atoms with Crippen LogP contribution >= 0.6 is 0 Å². The number of benzene rings is 1. The lowest BCUT2D eigenvalue weighted by Crippen LogP contribution is -2.34. The normalized spacial score (nSPS) is 17.8. The highest BCUT2D eigenvalue weighted by Crippen LogP contribution is 2.35. The lowest BCUT2D eigenvalue weighted by Gasteiger charge is -2.21. The predicted octanol–water partition coefficient (Wildman–Crippen LogP) is 1.80.